The molecular weight excluding hydrogens is 466 g/mol. The highest BCUT2D eigenvalue weighted by Gasteiger charge is 2.23. The van der Waals surface area contributed by atoms with E-state index in [4.69, 9.17) is 25.9 Å². The largest absolute Gasteiger partial charge is 0.483 e. The molecule has 0 saturated carbocycles. The fourth-order valence-corrected chi connectivity index (χ4v) is 4.21. The number of hydrogen-bond donors (Lipinski definition) is 1. The summed E-state index contributed by atoms with van der Waals surface area (Å²) in [5.41, 5.74) is 1.54. The fourth-order valence-electron chi connectivity index (χ4n) is 3.51. The van der Waals surface area contributed by atoms with Gasteiger partial charge in [0.05, 0.1) is 17.1 Å². The van der Waals surface area contributed by atoms with E-state index in [1.807, 2.05) is 19.1 Å². The number of fused-ring (bicyclic) bond motifs is 1. The zero-order chi connectivity index (χ0) is 23.9. The molecule has 33 heavy (non-hydrogen) atoms. The second kappa shape index (κ2) is 8.78. The van der Waals surface area contributed by atoms with Gasteiger partial charge in [0, 0.05) is 18.8 Å². The van der Waals surface area contributed by atoms with Crippen molar-refractivity contribution in [2.75, 3.05) is 0 Å². The van der Waals surface area contributed by atoms with Crippen molar-refractivity contribution < 1.29 is 13.4 Å². The van der Waals surface area contributed by atoms with E-state index in [2.05, 4.69) is 10.1 Å². The minimum atomic E-state index is -1.93. The SMILES string of the molecule is Cc1cc(C(C)Oc2ccc(Cl)nc2S(N)=O)c2oc(-c3cnn(C)c3)c(C#N)c(=O)c2c1. The Bertz CT molecular complexity index is 1520. The second-order valence-corrected chi connectivity index (χ2v) is 8.74. The van der Waals surface area contributed by atoms with Gasteiger partial charge in [0.1, 0.15) is 39.5 Å². The van der Waals surface area contributed by atoms with E-state index in [0.29, 0.717) is 11.1 Å². The maximum absolute atomic E-state index is 13.2. The molecule has 0 radical (unpaired) electrons. The number of pyridine rings is 1. The van der Waals surface area contributed by atoms with Gasteiger partial charge in [-0.25, -0.2) is 14.3 Å². The molecule has 3 aromatic heterocycles. The summed E-state index contributed by atoms with van der Waals surface area (Å²) in [5, 5.41) is 19.7. The standard InChI is InChI=1S/C22H18ClN5O4S/c1-11-6-14(12(2)31-17-4-5-18(23)27-22(17)33(25)30)21-15(7-11)19(29)16(8-24)20(32-21)13-9-26-28(3)10-13/h4-7,9-10,12H,25H2,1-3H3. The lowest BCUT2D eigenvalue weighted by molar-refractivity contribution is 0.219. The third kappa shape index (κ3) is 4.26. The van der Waals surface area contributed by atoms with Crippen molar-refractivity contribution in [3.8, 4) is 23.1 Å². The Balaban J connectivity index is 1.91. The summed E-state index contributed by atoms with van der Waals surface area (Å²) in [6.07, 6.45) is 2.51. The summed E-state index contributed by atoms with van der Waals surface area (Å²) in [5.74, 6) is 0.308. The zero-order valence-electron chi connectivity index (χ0n) is 17.8. The summed E-state index contributed by atoms with van der Waals surface area (Å²) in [6, 6.07) is 8.45. The molecule has 0 spiro atoms. The molecule has 0 amide bonds. The molecular formula is C22H18ClN5O4S. The summed E-state index contributed by atoms with van der Waals surface area (Å²) < 4.78 is 25.6. The van der Waals surface area contributed by atoms with Crippen LogP contribution < -0.4 is 15.3 Å². The van der Waals surface area contributed by atoms with Crippen molar-refractivity contribution in [3.63, 3.8) is 0 Å². The van der Waals surface area contributed by atoms with Crippen molar-refractivity contribution in [2.24, 2.45) is 12.2 Å². The van der Waals surface area contributed by atoms with E-state index in [1.165, 1.54) is 18.3 Å². The van der Waals surface area contributed by atoms with Crippen molar-refractivity contribution in [1.82, 2.24) is 14.8 Å². The quantitative estimate of drug-likeness (QED) is 0.428. The highest BCUT2D eigenvalue weighted by molar-refractivity contribution is 7.82. The average Bonchev–Trinajstić information content (AvgIpc) is 3.20. The minimum absolute atomic E-state index is 0.00410. The number of ether oxygens (including phenoxy) is 1. The molecule has 3 heterocycles. The third-order valence-corrected chi connectivity index (χ3v) is 5.85. The number of hydrogen-bond acceptors (Lipinski definition) is 7. The van der Waals surface area contributed by atoms with Crippen molar-refractivity contribution in [1.29, 1.82) is 5.26 Å². The minimum Gasteiger partial charge on any atom is -0.483 e. The van der Waals surface area contributed by atoms with Gasteiger partial charge >= 0.3 is 0 Å². The topological polar surface area (TPSA) is 137 Å². The molecule has 0 aliphatic rings. The molecule has 4 rings (SSSR count). The normalized spacial score (nSPS) is 13.0. The molecule has 0 fully saturated rings. The van der Waals surface area contributed by atoms with Gasteiger partial charge in [-0.1, -0.05) is 11.6 Å². The van der Waals surface area contributed by atoms with Crippen LogP contribution in [0, 0.1) is 18.3 Å². The van der Waals surface area contributed by atoms with E-state index in [9.17, 15) is 14.3 Å². The van der Waals surface area contributed by atoms with Crippen LogP contribution >= 0.6 is 11.6 Å². The molecule has 2 N–H and O–H groups in total. The van der Waals surface area contributed by atoms with Crippen molar-refractivity contribution in [2.45, 2.75) is 25.0 Å². The molecule has 9 nitrogen and oxygen atoms in total. The second-order valence-electron chi connectivity index (χ2n) is 7.38. The molecule has 0 aliphatic heterocycles. The van der Waals surface area contributed by atoms with Gasteiger partial charge < -0.3 is 9.15 Å². The highest BCUT2D eigenvalue weighted by Crippen LogP contribution is 2.33. The summed E-state index contributed by atoms with van der Waals surface area (Å²) >= 11 is 5.90. The van der Waals surface area contributed by atoms with Crippen LogP contribution in [0.5, 0.6) is 5.75 Å². The maximum atomic E-state index is 13.2. The number of nitrogens with two attached hydrogens (primary N) is 1. The Kier molecular flexibility index (Phi) is 6.03. The first-order valence-corrected chi connectivity index (χ1v) is 11.3. The van der Waals surface area contributed by atoms with Gasteiger partial charge in [-0.2, -0.15) is 10.4 Å². The Hall–Kier alpha value is -3.52. The van der Waals surface area contributed by atoms with Crippen LogP contribution in [-0.4, -0.2) is 19.0 Å². The Morgan fingerprint density at radius 1 is 1.36 bits per heavy atom. The van der Waals surface area contributed by atoms with Crippen LogP contribution in [0.1, 0.15) is 29.7 Å². The lowest BCUT2D eigenvalue weighted by atomic mass is 10.0. The van der Waals surface area contributed by atoms with Crippen LogP contribution in [0.25, 0.3) is 22.3 Å². The van der Waals surface area contributed by atoms with Gasteiger partial charge in [-0.05, 0) is 43.7 Å². The monoisotopic (exact) mass is 483 g/mol. The zero-order valence-corrected chi connectivity index (χ0v) is 19.4. The van der Waals surface area contributed by atoms with E-state index >= 15 is 0 Å². The van der Waals surface area contributed by atoms with Crippen LogP contribution in [0.3, 0.4) is 0 Å². The number of rotatable bonds is 5. The average molecular weight is 484 g/mol. The van der Waals surface area contributed by atoms with Gasteiger partial charge in [0.15, 0.2) is 16.5 Å². The maximum Gasteiger partial charge on any atom is 0.211 e. The van der Waals surface area contributed by atoms with Crippen molar-refractivity contribution in [3.05, 3.63) is 68.7 Å². The summed E-state index contributed by atoms with van der Waals surface area (Å²) in [4.78, 5) is 17.2. The van der Waals surface area contributed by atoms with Crippen LogP contribution in [0.15, 0.2) is 50.9 Å². The van der Waals surface area contributed by atoms with Gasteiger partial charge in [-0.15, -0.1) is 0 Å². The lowest BCUT2D eigenvalue weighted by Gasteiger charge is -2.18. The fraction of sp³-hybridized carbons (Fsp3) is 0.182. The number of nitriles is 1. The smallest absolute Gasteiger partial charge is 0.211 e. The van der Waals surface area contributed by atoms with Crippen LogP contribution in [0.4, 0.5) is 0 Å². The molecule has 0 saturated heterocycles. The van der Waals surface area contributed by atoms with E-state index in [0.717, 1.165) is 5.56 Å². The van der Waals surface area contributed by atoms with Gasteiger partial charge in [0.2, 0.25) is 5.43 Å². The number of nitrogens with zero attached hydrogens (tertiary/aromatic N) is 4. The molecule has 1 aromatic carbocycles. The summed E-state index contributed by atoms with van der Waals surface area (Å²) in [7, 11) is -0.208. The van der Waals surface area contributed by atoms with Crippen molar-refractivity contribution >= 4 is 33.6 Å². The van der Waals surface area contributed by atoms with E-state index < -0.39 is 22.5 Å². The van der Waals surface area contributed by atoms with Gasteiger partial charge in [-0.3, -0.25) is 9.48 Å². The number of aryl methyl sites for hydroxylation is 2. The first kappa shape index (κ1) is 22.7. The van der Waals surface area contributed by atoms with Crippen LogP contribution in [0.2, 0.25) is 5.15 Å². The predicted molar refractivity (Wildman–Crippen MR) is 123 cm³/mol. The van der Waals surface area contributed by atoms with Crippen LogP contribution in [-0.2, 0) is 18.0 Å². The molecule has 2 atom stereocenters. The molecule has 168 valence electrons. The Morgan fingerprint density at radius 2 is 2.12 bits per heavy atom. The molecule has 0 bridgehead atoms. The van der Waals surface area contributed by atoms with E-state index in [1.54, 1.807) is 30.9 Å². The summed E-state index contributed by atoms with van der Waals surface area (Å²) in [6.45, 7) is 3.56. The van der Waals surface area contributed by atoms with Gasteiger partial charge in [0.25, 0.3) is 0 Å². The first-order chi connectivity index (χ1) is 15.7. The lowest BCUT2D eigenvalue weighted by Crippen LogP contribution is -2.13. The molecule has 11 heteroatoms. The third-order valence-electron chi connectivity index (χ3n) is 4.97. The number of benzene rings is 1. The number of aromatic nitrogens is 3. The van der Waals surface area contributed by atoms with E-state index in [-0.39, 0.29) is 38.2 Å². The Labute approximate surface area is 196 Å². The number of halogens is 1. The molecule has 4 aromatic rings. The molecule has 0 aliphatic carbocycles. The molecule has 2 unspecified atom stereocenters. The first-order valence-electron chi connectivity index (χ1n) is 9.69. The predicted octanol–water partition coefficient (Wildman–Crippen LogP) is 3.54. The Morgan fingerprint density at radius 3 is 2.76 bits per heavy atom. The highest BCUT2D eigenvalue weighted by atomic mass is 35.5.